The molecule has 0 saturated carbocycles. The van der Waals surface area contributed by atoms with Crippen LogP contribution in [0.1, 0.15) is 23.1 Å². The number of aromatic nitrogens is 4. The molecule has 1 saturated heterocycles. The van der Waals surface area contributed by atoms with Crippen molar-refractivity contribution in [3.05, 3.63) is 59.2 Å². The number of rotatable bonds is 7. The molecule has 11 heteroatoms. The van der Waals surface area contributed by atoms with Crippen molar-refractivity contribution < 1.29 is 13.2 Å². The number of piperazine rings is 1. The maximum absolute atomic E-state index is 12.8. The molecule has 0 bridgehead atoms. The lowest BCUT2D eigenvalue weighted by Gasteiger charge is -2.34. The molecule has 10 nitrogen and oxygen atoms in total. The van der Waals surface area contributed by atoms with Crippen LogP contribution in [-0.2, 0) is 14.8 Å². The molecule has 34 heavy (non-hydrogen) atoms. The van der Waals surface area contributed by atoms with Crippen LogP contribution < -0.4 is 9.62 Å². The van der Waals surface area contributed by atoms with Crippen molar-refractivity contribution in [2.75, 3.05) is 37.6 Å². The van der Waals surface area contributed by atoms with Crippen molar-refractivity contribution in [2.45, 2.75) is 32.1 Å². The van der Waals surface area contributed by atoms with Gasteiger partial charge in [-0.3, -0.25) is 4.79 Å². The highest BCUT2D eigenvalue weighted by atomic mass is 32.2. The van der Waals surface area contributed by atoms with Gasteiger partial charge in [0.25, 0.3) is 0 Å². The van der Waals surface area contributed by atoms with E-state index in [1.807, 2.05) is 54.3 Å². The predicted molar refractivity (Wildman–Crippen MR) is 128 cm³/mol. The number of carbonyl (C=O) groups excluding carboxylic acids is 1. The summed E-state index contributed by atoms with van der Waals surface area (Å²) in [6, 6.07) is 13.3. The fourth-order valence-corrected chi connectivity index (χ4v) is 5.87. The lowest BCUT2D eigenvalue weighted by molar-refractivity contribution is -0.131. The lowest BCUT2D eigenvalue weighted by atomic mass is 10.1. The summed E-state index contributed by atoms with van der Waals surface area (Å²) in [7, 11) is -3.69. The molecule has 1 N–H and O–H groups in total. The van der Waals surface area contributed by atoms with Crippen LogP contribution in [-0.4, -0.2) is 72.2 Å². The number of tetrazole rings is 1. The van der Waals surface area contributed by atoms with E-state index in [2.05, 4.69) is 20.2 Å². The molecule has 0 atom stereocenters. The zero-order valence-electron chi connectivity index (χ0n) is 19.6. The summed E-state index contributed by atoms with van der Waals surface area (Å²) in [6.07, 6.45) is 0.102. The third-order valence-corrected chi connectivity index (χ3v) is 7.64. The molecule has 1 amide bonds. The van der Waals surface area contributed by atoms with Gasteiger partial charge in [-0.15, -0.1) is 0 Å². The predicted octanol–water partition coefficient (Wildman–Crippen LogP) is 1.60. The molecule has 1 aromatic heterocycles. The zero-order chi connectivity index (χ0) is 24.3. The molecular formula is C23H29N7O3S. The number of aryl methyl sites for hydroxylation is 3. The smallest absolute Gasteiger partial charge is 0.250 e. The van der Waals surface area contributed by atoms with Crippen LogP contribution in [0.3, 0.4) is 0 Å². The Morgan fingerprint density at radius 3 is 2.29 bits per heavy atom. The fraction of sp³-hybridized carbons (Fsp3) is 0.391. The molecule has 3 aromatic rings. The quantitative estimate of drug-likeness (QED) is 0.543. The van der Waals surface area contributed by atoms with Gasteiger partial charge in [0, 0.05) is 39.1 Å². The summed E-state index contributed by atoms with van der Waals surface area (Å²) in [5.41, 5.74) is 3.28. The molecule has 1 fully saturated rings. The Morgan fingerprint density at radius 2 is 1.65 bits per heavy atom. The van der Waals surface area contributed by atoms with E-state index in [1.54, 1.807) is 23.4 Å². The van der Waals surface area contributed by atoms with Gasteiger partial charge in [-0.25, -0.2) is 13.1 Å². The van der Waals surface area contributed by atoms with Crippen LogP contribution in [0.5, 0.6) is 0 Å². The Balaban J connectivity index is 1.31. The topological polar surface area (TPSA) is 113 Å². The molecule has 0 radical (unpaired) electrons. The second kappa shape index (κ2) is 9.90. The maximum Gasteiger partial charge on any atom is 0.250 e. The van der Waals surface area contributed by atoms with Gasteiger partial charge < -0.3 is 9.80 Å². The monoisotopic (exact) mass is 483 g/mol. The Kier molecular flexibility index (Phi) is 6.94. The molecule has 0 unspecified atom stereocenters. The van der Waals surface area contributed by atoms with E-state index in [-0.39, 0.29) is 23.8 Å². The van der Waals surface area contributed by atoms with Crippen LogP contribution in [0.15, 0.2) is 47.4 Å². The third-order valence-electron chi connectivity index (χ3n) is 5.87. The van der Waals surface area contributed by atoms with Gasteiger partial charge in [0.2, 0.25) is 21.9 Å². The SMILES string of the molecule is Cc1cc(C)c(S(=O)(=O)NCCC(=O)N2CCN(c3nnnn3-c3ccccc3)CC2)c(C)c1. The van der Waals surface area contributed by atoms with Crippen LogP contribution in [0.2, 0.25) is 0 Å². The highest BCUT2D eigenvalue weighted by Crippen LogP contribution is 2.22. The molecule has 0 spiro atoms. The van der Waals surface area contributed by atoms with Crippen molar-refractivity contribution in [2.24, 2.45) is 0 Å². The van der Waals surface area contributed by atoms with Crippen molar-refractivity contribution in [1.29, 1.82) is 0 Å². The van der Waals surface area contributed by atoms with Gasteiger partial charge in [-0.2, -0.15) is 4.68 Å². The second-order valence-electron chi connectivity index (χ2n) is 8.47. The van der Waals surface area contributed by atoms with Gasteiger partial charge in [0.05, 0.1) is 10.6 Å². The normalized spacial score (nSPS) is 14.4. The van der Waals surface area contributed by atoms with Crippen molar-refractivity contribution in [3.63, 3.8) is 0 Å². The first kappa shape index (κ1) is 23.8. The Labute approximate surface area is 199 Å². The van der Waals surface area contributed by atoms with E-state index < -0.39 is 10.0 Å². The molecule has 0 aliphatic carbocycles. The summed E-state index contributed by atoms with van der Waals surface area (Å²) in [5, 5.41) is 12.1. The molecule has 2 heterocycles. The number of anilines is 1. The van der Waals surface area contributed by atoms with Gasteiger partial charge >= 0.3 is 0 Å². The van der Waals surface area contributed by atoms with Crippen molar-refractivity contribution >= 4 is 21.9 Å². The number of nitrogens with one attached hydrogen (secondary N) is 1. The lowest BCUT2D eigenvalue weighted by Crippen LogP contribution is -2.50. The first-order chi connectivity index (χ1) is 16.3. The van der Waals surface area contributed by atoms with E-state index in [9.17, 15) is 13.2 Å². The number of benzene rings is 2. The standard InChI is InChI=1S/C23H29N7O3S/c1-17-15-18(2)22(19(3)16-17)34(32,33)24-10-9-21(31)28-11-13-29(14-12-28)23-25-26-27-30(23)20-7-5-4-6-8-20/h4-8,15-16,24H,9-14H2,1-3H3. The number of hydrogen-bond donors (Lipinski definition) is 1. The van der Waals surface area contributed by atoms with Crippen LogP contribution in [0, 0.1) is 20.8 Å². The minimum absolute atomic E-state index is 0.0559. The van der Waals surface area contributed by atoms with Crippen LogP contribution in [0.25, 0.3) is 5.69 Å². The Hall–Kier alpha value is -3.31. The largest absolute Gasteiger partial charge is 0.339 e. The summed E-state index contributed by atoms with van der Waals surface area (Å²) in [4.78, 5) is 16.8. The zero-order valence-corrected chi connectivity index (χ0v) is 20.4. The molecule has 1 aliphatic heterocycles. The molecular weight excluding hydrogens is 454 g/mol. The average molecular weight is 484 g/mol. The average Bonchev–Trinajstić information content (AvgIpc) is 3.28. The van der Waals surface area contributed by atoms with Crippen molar-refractivity contribution in [1.82, 2.24) is 29.8 Å². The number of nitrogens with zero attached hydrogens (tertiary/aromatic N) is 6. The summed E-state index contributed by atoms with van der Waals surface area (Å²) in [5.74, 6) is 0.553. The second-order valence-corrected chi connectivity index (χ2v) is 10.2. The van der Waals surface area contributed by atoms with E-state index in [0.717, 1.165) is 11.3 Å². The van der Waals surface area contributed by atoms with Crippen LogP contribution in [0.4, 0.5) is 5.95 Å². The number of amides is 1. The minimum atomic E-state index is -3.69. The molecule has 1 aliphatic rings. The number of sulfonamides is 1. The Bertz CT molecular complexity index is 1240. The van der Waals surface area contributed by atoms with E-state index in [1.165, 1.54) is 0 Å². The first-order valence-corrected chi connectivity index (χ1v) is 12.7. The number of para-hydroxylation sites is 1. The summed E-state index contributed by atoms with van der Waals surface area (Å²) < 4.78 is 29.9. The molecule has 4 rings (SSSR count). The Morgan fingerprint density at radius 1 is 1.00 bits per heavy atom. The van der Waals surface area contributed by atoms with Gasteiger partial charge in [-0.1, -0.05) is 41.0 Å². The van der Waals surface area contributed by atoms with Crippen LogP contribution >= 0.6 is 0 Å². The highest BCUT2D eigenvalue weighted by molar-refractivity contribution is 7.89. The van der Waals surface area contributed by atoms with Crippen molar-refractivity contribution in [3.8, 4) is 5.69 Å². The molecule has 180 valence electrons. The number of hydrogen-bond acceptors (Lipinski definition) is 7. The molecule has 2 aromatic carbocycles. The van der Waals surface area contributed by atoms with E-state index in [4.69, 9.17) is 0 Å². The summed E-state index contributed by atoms with van der Waals surface area (Å²) >= 11 is 0. The van der Waals surface area contributed by atoms with Gasteiger partial charge in [-0.05, 0) is 54.5 Å². The fourth-order valence-electron chi connectivity index (χ4n) is 4.38. The van der Waals surface area contributed by atoms with E-state index >= 15 is 0 Å². The highest BCUT2D eigenvalue weighted by Gasteiger charge is 2.25. The third kappa shape index (κ3) is 5.10. The minimum Gasteiger partial charge on any atom is -0.339 e. The van der Waals surface area contributed by atoms with E-state index in [0.29, 0.717) is 43.3 Å². The van der Waals surface area contributed by atoms with Gasteiger partial charge in [0.1, 0.15) is 0 Å². The number of carbonyl (C=O) groups is 1. The van der Waals surface area contributed by atoms with Gasteiger partial charge in [0.15, 0.2) is 0 Å². The summed E-state index contributed by atoms with van der Waals surface area (Å²) in [6.45, 7) is 7.77. The maximum atomic E-state index is 12.8. The first-order valence-electron chi connectivity index (χ1n) is 11.2.